The average molecular weight is 304 g/mol. The van der Waals surface area contributed by atoms with Crippen LogP contribution in [0.15, 0.2) is 24.3 Å². The topological polar surface area (TPSA) is 41.6 Å². The Balaban J connectivity index is 1.82. The van der Waals surface area contributed by atoms with Crippen molar-refractivity contribution < 1.29 is 9.53 Å². The normalized spacial score (nSPS) is 15.2. The number of hydrogen-bond acceptors (Lipinski definition) is 3. The Morgan fingerprint density at radius 3 is 2.68 bits per heavy atom. The Hall–Kier alpha value is -1.55. The Kier molecular flexibility index (Phi) is 6.72. The van der Waals surface area contributed by atoms with Crippen LogP contribution in [0.4, 0.5) is 5.69 Å². The van der Waals surface area contributed by atoms with Crippen molar-refractivity contribution in [1.29, 1.82) is 0 Å². The van der Waals surface area contributed by atoms with Gasteiger partial charge in [-0.3, -0.25) is 4.79 Å². The molecule has 1 N–H and O–H groups in total. The van der Waals surface area contributed by atoms with Crippen LogP contribution in [0.5, 0.6) is 5.75 Å². The van der Waals surface area contributed by atoms with Gasteiger partial charge in [-0.1, -0.05) is 12.1 Å². The molecule has 1 fully saturated rings. The minimum atomic E-state index is 0.0706. The molecule has 1 amide bonds. The zero-order valence-electron chi connectivity index (χ0n) is 13.8. The van der Waals surface area contributed by atoms with Gasteiger partial charge in [-0.2, -0.15) is 0 Å². The minimum absolute atomic E-state index is 0.0706. The monoisotopic (exact) mass is 304 g/mol. The van der Waals surface area contributed by atoms with Gasteiger partial charge in [0.15, 0.2) is 0 Å². The Morgan fingerprint density at radius 2 is 1.95 bits per heavy atom. The van der Waals surface area contributed by atoms with Crippen LogP contribution in [-0.2, 0) is 4.79 Å². The lowest BCUT2D eigenvalue weighted by Crippen LogP contribution is -2.16. The molecule has 1 saturated carbocycles. The second-order valence-corrected chi connectivity index (χ2v) is 6.33. The van der Waals surface area contributed by atoms with Crippen LogP contribution in [0, 0.1) is 0 Å². The summed E-state index contributed by atoms with van der Waals surface area (Å²) in [5.74, 6) is 0.872. The maximum atomic E-state index is 12.1. The first-order chi connectivity index (χ1) is 10.6. The van der Waals surface area contributed by atoms with Crippen molar-refractivity contribution in [2.75, 3.05) is 26.0 Å². The van der Waals surface area contributed by atoms with E-state index in [1.165, 1.54) is 12.8 Å². The Morgan fingerprint density at radius 1 is 1.23 bits per heavy atom. The molecular formula is C18H28N2O2. The molecule has 4 heteroatoms. The number of benzene rings is 1. The van der Waals surface area contributed by atoms with Crippen LogP contribution < -0.4 is 10.1 Å². The number of ether oxygens (including phenoxy) is 1. The maximum absolute atomic E-state index is 12.1. The van der Waals surface area contributed by atoms with Gasteiger partial charge in [-0.25, -0.2) is 0 Å². The summed E-state index contributed by atoms with van der Waals surface area (Å²) in [6, 6.07) is 7.75. The fourth-order valence-electron chi connectivity index (χ4n) is 2.78. The van der Waals surface area contributed by atoms with Crippen molar-refractivity contribution >= 4 is 11.6 Å². The molecule has 1 aliphatic rings. The number of amides is 1. The molecule has 0 saturated heterocycles. The summed E-state index contributed by atoms with van der Waals surface area (Å²) in [6.45, 7) is 1.02. The number of para-hydroxylation sites is 2. The summed E-state index contributed by atoms with van der Waals surface area (Å²) in [7, 11) is 4.10. The van der Waals surface area contributed by atoms with E-state index in [2.05, 4.69) is 24.3 Å². The summed E-state index contributed by atoms with van der Waals surface area (Å²) < 4.78 is 6.04. The zero-order valence-corrected chi connectivity index (χ0v) is 13.8. The number of rotatable bonds is 8. The first-order valence-corrected chi connectivity index (χ1v) is 8.35. The smallest absolute Gasteiger partial charge is 0.224 e. The maximum Gasteiger partial charge on any atom is 0.224 e. The fraction of sp³-hybridized carbons (Fsp3) is 0.611. The molecule has 0 bridgehead atoms. The first kappa shape index (κ1) is 16.8. The highest BCUT2D eigenvalue weighted by atomic mass is 16.5. The molecule has 0 spiro atoms. The second kappa shape index (κ2) is 8.79. The number of unbranched alkanes of at least 4 members (excludes halogenated alkanes) is 1. The number of anilines is 1. The fourth-order valence-corrected chi connectivity index (χ4v) is 2.78. The van der Waals surface area contributed by atoms with Crippen molar-refractivity contribution in [3.05, 3.63) is 24.3 Å². The third-order valence-electron chi connectivity index (χ3n) is 4.02. The van der Waals surface area contributed by atoms with Crippen LogP contribution in [0.2, 0.25) is 0 Å². The lowest BCUT2D eigenvalue weighted by molar-refractivity contribution is -0.116. The summed E-state index contributed by atoms with van der Waals surface area (Å²) in [5, 5.41) is 3.00. The third kappa shape index (κ3) is 5.68. The SMILES string of the molecule is CN(C)CCCCC(=O)Nc1ccccc1OC1CCCC1. The van der Waals surface area contributed by atoms with E-state index in [9.17, 15) is 4.79 Å². The van der Waals surface area contributed by atoms with E-state index in [4.69, 9.17) is 4.74 Å². The molecular weight excluding hydrogens is 276 g/mol. The molecule has 22 heavy (non-hydrogen) atoms. The first-order valence-electron chi connectivity index (χ1n) is 8.35. The molecule has 4 nitrogen and oxygen atoms in total. The number of nitrogens with zero attached hydrogens (tertiary/aromatic N) is 1. The van der Waals surface area contributed by atoms with Gasteiger partial charge in [-0.15, -0.1) is 0 Å². The predicted octanol–water partition coefficient (Wildman–Crippen LogP) is 3.68. The van der Waals surface area contributed by atoms with Crippen LogP contribution >= 0.6 is 0 Å². The van der Waals surface area contributed by atoms with Crippen LogP contribution in [0.25, 0.3) is 0 Å². The lowest BCUT2D eigenvalue weighted by Gasteiger charge is -2.17. The summed E-state index contributed by atoms with van der Waals surface area (Å²) in [6.07, 6.45) is 7.54. The van der Waals surface area contributed by atoms with Gasteiger partial charge >= 0.3 is 0 Å². The molecule has 0 aliphatic heterocycles. The summed E-state index contributed by atoms with van der Waals surface area (Å²) >= 11 is 0. The lowest BCUT2D eigenvalue weighted by atomic mass is 10.2. The third-order valence-corrected chi connectivity index (χ3v) is 4.02. The summed E-state index contributed by atoms with van der Waals surface area (Å²) in [4.78, 5) is 14.2. The van der Waals surface area contributed by atoms with E-state index in [0.29, 0.717) is 12.5 Å². The van der Waals surface area contributed by atoms with Gasteiger partial charge in [0, 0.05) is 6.42 Å². The van der Waals surface area contributed by atoms with E-state index in [1.54, 1.807) is 0 Å². The molecule has 2 rings (SSSR count). The summed E-state index contributed by atoms with van der Waals surface area (Å²) in [5.41, 5.74) is 0.798. The van der Waals surface area contributed by atoms with Gasteiger partial charge < -0.3 is 15.0 Å². The van der Waals surface area contributed by atoms with E-state index in [-0.39, 0.29) is 5.91 Å². The van der Waals surface area contributed by atoms with E-state index in [0.717, 1.165) is 43.7 Å². The van der Waals surface area contributed by atoms with Gasteiger partial charge in [0.05, 0.1) is 11.8 Å². The van der Waals surface area contributed by atoms with Gasteiger partial charge in [-0.05, 0) is 71.3 Å². The van der Waals surface area contributed by atoms with Gasteiger partial charge in [0.1, 0.15) is 5.75 Å². The zero-order chi connectivity index (χ0) is 15.8. The molecule has 122 valence electrons. The number of nitrogens with one attached hydrogen (secondary N) is 1. The predicted molar refractivity (Wildman–Crippen MR) is 90.4 cm³/mol. The van der Waals surface area contributed by atoms with Crippen molar-refractivity contribution in [3.8, 4) is 5.75 Å². The van der Waals surface area contributed by atoms with E-state index in [1.807, 2.05) is 24.3 Å². The van der Waals surface area contributed by atoms with Crippen molar-refractivity contribution in [1.82, 2.24) is 4.90 Å². The van der Waals surface area contributed by atoms with Crippen molar-refractivity contribution in [2.45, 2.75) is 51.0 Å². The molecule has 0 radical (unpaired) electrons. The Labute approximate surface area is 133 Å². The molecule has 0 unspecified atom stereocenters. The largest absolute Gasteiger partial charge is 0.488 e. The number of hydrogen-bond donors (Lipinski definition) is 1. The van der Waals surface area contributed by atoms with E-state index >= 15 is 0 Å². The highest BCUT2D eigenvalue weighted by Crippen LogP contribution is 2.29. The highest BCUT2D eigenvalue weighted by Gasteiger charge is 2.18. The molecule has 1 aromatic carbocycles. The van der Waals surface area contributed by atoms with Crippen LogP contribution in [0.1, 0.15) is 44.9 Å². The number of carbonyl (C=O) groups excluding carboxylic acids is 1. The minimum Gasteiger partial charge on any atom is -0.488 e. The number of carbonyl (C=O) groups is 1. The molecule has 1 aromatic rings. The van der Waals surface area contributed by atoms with Crippen LogP contribution in [-0.4, -0.2) is 37.6 Å². The standard InChI is InChI=1S/C18H28N2O2/c1-20(2)14-8-7-13-18(21)19-16-11-5-6-12-17(16)22-15-9-3-4-10-15/h5-6,11-12,15H,3-4,7-10,13-14H2,1-2H3,(H,19,21). The van der Waals surface area contributed by atoms with Gasteiger partial charge in [0.2, 0.25) is 5.91 Å². The molecule has 0 aromatic heterocycles. The highest BCUT2D eigenvalue weighted by molar-refractivity contribution is 5.92. The second-order valence-electron chi connectivity index (χ2n) is 6.33. The molecule has 0 heterocycles. The van der Waals surface area contributed by atoms with Crippen molar-refractivity contribution in [3.63, 3.8) is 0 Å². The van der Waals surface area contributed by atoms with Crippen molar-refractivity contribution in [2.24, 2.45) is 0 Å². The van der Waals surface area contributed by atoms with Gasteiger partial charge in [0.25, 0.3) is 0 Å². The van der Waals surface area contributed by atoms with Crippen LogP contribution in [0.3, 0.4) is 0 Å². The average Bonchev–Trinajstić information content (AvgIpc) is 2.98. The van der Waals surface area contributed by atoms with E-state index < -0.39 is 0 Å². The Bertz CT molecular complexity index is 468. The quantitative estimate of drug-likeness (QED) is 0.745. The molecule has 1 aliphatic carbocycles. The molecule has 0 atom stereocenters.